The highest BCUT2D eigenvalue weighted by molar-refractivity contribution is 5.01. The molecule has 1 aromatic rings. The molecule has 0 aliphatic carbocycles. The van der Waals surface area contributed by atoms with Gasteiger partial charge in [0.05, 0.1) is 6.61 Å². The van der Waals surface area contributed by atoms with Crippen molar-refractivity contribution in [3.8, 4) is 0 Å². The first-order valence-electron chi connectivity index (χ1n) is 5.07. The topological polar surface area (TPSA) is 55.5 Å². The number of aliphatic hydroxyl groups excluding tert-OH is 1. The number of nitrogens with zero attached hydrogens (tertiary/aromatic N) is 1. The predicted molar refractivity (Wildman–Crippen MR) is 49.8 cm³/mol. The van der Waals surface area contributed by atoms with Gasteiger partial charge in [-0.25, -0.2) is 4.98 Å². The number of rotatable bonds is 3. The van der Waals surface area contributed by atoms with Crippen LogP contribution in [0.3, 0.4) is 0 Å². The second-order valence-corrected chi connectivity index (χ2v) is 3.49. The van der Waals surface area contributed by atoms with Gasteiger partial charge in [0.2, 0.25) is 0 Å². The van der Waals surface area contributed by atoms with Crippen molar-refractivity contribution in [2.24, 2.45) is 0 Å². The molecule has 78 valence electrons. The van der Waals surface area contributed by atoms with Crippen LogP contribution in [0.2, 0.25) is 0 Å². The summed E-state index contributed by atoms with van der Waals surface area (Å²) in [5, 5.41) is 8.71. The number of hydrogen-bond acceptors (Lipinski definition) is 4. The van der Waals surface area contributed by atoms with Gasteiger partial charge < -0.3 is 14.3 Å². The number of oxazole rings is 1. The SMILES string of the molecule is OCCc1nc(C2CCCCO2)co1. The number of aromatic nitrogens is 1. The van der Waals surface area contributed by atoms with Gasteiger partial charge in [-0.05, 0) is 19.3 Å². The van der Waals surface area contributed by atoms with Gasteiger partial charge in [0.25, 0.3) is 0 Å². The average Bonchev–Trinajstić information content (AvgIpc) is 2.68. The monoisotopic (exact) mass is 197 g/mol. The van der Waals surface area contributed by atoms with Crippen molar-refractivity contribution in [1.82, 2.24) is 4.98 Å². The van der Waals surface area contributed by atoms with Crippen molar-refractivity contribution in [3.63, 3.8) is 0 Å². The molecule has 0 spiro atoms. The molecule has 2 rings (SSSR count). The highest BCUT2D eigenvalue weighted by atomic mass is 16.5. The van der Waals surface area contributed by atoms with Crippen LogP contribution >= 0.6 is 0 Å². The maximum Gasteiger partial charge on any atom is 0.196 e. The summed E-state index contributed by atoms with van der Waals surface area (Å²) in [6, 6.07) is 0. The van der Waals surface area contributed by atoms with Gasteiger partial charge in [-0.1, -0.05) is 0 Å². The largest absolute Gasteiger partial charge is 0.449 e. The van der Waals surface area contributed by atoms with Gasteiger partial charge in [-0.2, -0.15) is 0 Å². The summed E-state index contributed by atoms with van der Waals surface area (Å²) in [5.41, 5.74) is 0.869. The van der Waals surface area contributed by atoms with Crippen LogP contribution in [-0.4, -0.2) is 23.3 Å². The Balaban J connectivity index is 2.00. The lowest BCUT2D eigenvalue weighted by Gasteiger charge is -2.19. The fourth-order valence-electron chi connectivity index (χ4n) is 1.66. The van der Waals surface area contributed by atoms with Crippen LogP contribution in [0, 0.1) is 0 Å². The minimum Gasteiger partial charge on any atom is -0.449 e. The summed E-state index contributed by atoms with van der Waals surface area (Å²) >= 11 is 0. The van der Waals surface area contributed by atoms with Crippen molar-refractivity contribution in [3.05, 3.63) is 17.8 Å². The zero-order valence-electron chi connectivity index (χ0n) is 8.11. The minimum absolute atomic E-state index is 0.0749. The Morgan fingerprint density at radius 1 is 1.50 bits per heavy atom. The Morgan fingerprint density at radius 3 is 3.14 bits per heavy atom. The first kappa shape index (κ1) is 9.68. The molecule has 1 unspecified atom stereocenters. The molecule has 1 aromatic heterocycles. The summed E-state index contributed by atoms with van der Waals surface area (Å²) in [5.74, 6) is 0.594. The molecule has 0 bridgehead atoms. The van der Waals surface area contributed by atoms with Crippen molar-refractivity contribution in [2.75, 3.05) is 13.2 Å². The molecule has 1 N–H and O–H groups in total. The quantitative estimate of drug-likeness (QED) is 0.796. The Morgan fingerprint density at radius 2 is 2.43 bits per heavy atom. The van der Waals surface area contributed by atoms with E-state index in [2.05, 4.69) is 4.98 Å². The zero-order valence-corrected chi connectivity index (χ0v) is 8.11. The highest BCUT2D eigenvalue weighted by Gasteiger charge is 2.19. The second kappa shape index (κ2) is 4.57. The van der Waals surface area contributed by atoms with Gasteiger partial charge in [0.1, 0.15) is 18.1 Å². The Labute approximate surface area is 82.9 Å². The van der Waals surface area contributed by atoms with Crippen LogP contribution in [0.4, 0.5) is 0 Å². The molecule has 1 saturated heterocycles. The summed E-state index contributed by atoms with van der Waals surface area (Å²) in [7, 11) is 0. The van der Waals surface area contributed by atoms with Crippen molar-refractivity contribution >= 4 is 0 Å². The van der Waals surface area contributed by atoms with Crippen molar-refractivity contribution in [2.45, 2.75) is 31.8 Å². The normalized spacial score (nSPS) is 22.5. The molecule has 0 saturated carbocycles. The van der Waals surface area contributed by atoms with Gasteiger partial charge in [0.15, 0.2) is 5.89 Å². The summed E-state index contributed by atoms with van der Waals surface area (Å²) < 4.78 is 10.8. The van der Waals surface area contributed by atoms with Gasteiger partial charge in [0, 0.05) is 13.0 Å². The molecule has 1 atom stereocenters. The third-order valence-corrected chi connectivity index (χ3v) is 2.40. The van der Waals surface area contributed by atoms with Crippen LogP contribution in [0.1, 0.15) is 37.0 Å². The standard InChI is InChI=1S/C10H15NO3/c12-5-4-10-11-8(7-14-10)9-3-1-2-6-13-9/h7,9,12H,1-6H2. The fraction of sp³-hybridized carbons (Fsp3) is 0.700. The molecule has 0 amide bonds. The van der Waals surface area contributed by atoms with E-state index in [0.717, 1.165) is 25.1 Å². The van der Waals surface area contributed by atoms with E-state index in [1.807, 2.05) is 0 Å². The lowest BCUT2D eigenvalue weighted by Crippen LogP contribution is -2.11. The van der Waals surface area contributed by atoms with Gasteiger partial charge in [-0.3, -0.25) is 0 Å². The first-order valence-corrected chi connectivity index (χ1v) is 5.07. The Hall–Kier alpha value is -0.870. The van der Waals surface area contributed by atoms with Crippen LogP contribution in [0.5, 0.6) is 0 Å². The number of aliphatic hydroxyl groups is 1. The van der Waals surface area contributed by atoms with Crippen molar-refractivity contribution < 1.29 is 14.3 Å². The summed E-state index contributed by atoms with van der Waals surface area (Å²) in [6.07, 6.45) is 5.56. The second-order valence-electron chi connectivity index (χ2n) is 3.49. The predicted octanol–water partition coefficient (Wildman–Crippen LogP) is 1.45. The molecule has 14 heavy (non-hydrogen) atoms. The number of hydrogen-bond donors (Lipinski definition) is 1. The third kappa shape index (κ3) is 2.13. The van der Waals surface area contributed by atoms with E-state index in [1.165, 1.54) is 6.42 Å². The summed E-state index contributed by atoms with van der Waals surface area (Å²) in [6.45, 7) is 0.887. The molecule has 1 aliphatic heterocycles. The number of ether oxygens (including phenoxy) is 1. The van der Waals surface area contributed by atoms with E-state index in [1.54, 1.807) is 6.26 Å². The van der Waals surface area contributed by atoms with Crippen LogP contribution in [-0.2, 0) is 11.2 Å². The molecule has 4 nitrogen and oxygen atoms in total. The van der Waals surface area contributed by atoms with E-state index in [-0.39, 0.29) is 12.7 Å². The van der Waals surface area contributed by atoms with E-state index in [4.69, 9.17) is 14.3 Å². The van der Waals surface area contributed by atoms with Crippen LogP contribution in [0.15, 0.2) is 10.7 Å². The maximum absolute atomic E-state index is 8.71. The summed E-state index contributed by atoms with van der Waals surface area (Å²) in [4.78, 5) is 4.27. The molecule has 4 heteroatoms. The molecule has 2 heterocycles. The maximum atomic E-state index is 8.71. The van der Waals surface area contributed by atoms with E-state index >= 15 is 0 Å². The highest BCUT2D eigenvalue weighted by Crippen LogP contribution is 2.26. The zero-order chi connectivity index (χ0) is 9.80. The molecule has 1 fully saturated rings. The minimum atomic E-state index is 0.0749. The molecular weight excluding hydrogens is 182 g/mol. The van der Waals surface area contributed by atoms with Crippen LogP contribution < -0.4 is 0 Å². The Kier molecular flexibility index (Phi) is 3.16. The first-order chi connectivity index (χ1) is 6.90. The molecule has 1 aliphatic rings. The van der Waals surface area contributed by atoms with Crippen molar-refractivity contribution in [1.29, 1.82) is 0 Å². The van der Waals surface area contributed by atoms with E-state index < -0.39 is 0 Å². The van der Waals surface area contributed by atoms with E-state index in [9.17, 15) is 0 Å². The molecule has 0 aromatic carbocycles. The lowest BCUT2D eigenvalue weighted by molar-refractivity contribution is 0.0122. The smallest absolute Gasteiger partial charge is 0.196 e. The van der Waals surface area contributed by atoms with Gasteiger partial charge in [-0.15, -0.1) is 0 Å². The van der Waals surface area contributed by atoms with Crippen LogP contribution in [0.25, 0.3) is 0 Å². The lowest BCUT2D eigenvalue weighted by atomic mass is 10.1. The molecule has 0 radical (unpaired) electrons. The fourth-order valence-corrected chi connectivity index (χ4v) is 1.66. The van der Waals surface area contributed by atoms with Gasteiger partial charge >= 0.3 is 0 Å². The Bertz CT molecular complexity index is 279. The average molecular weight is 197 g/mol. The molecular formula is C10H15NO3. The van der Waals surface area contributed by atoms with E-state index in [0.29, 0.717) is 12.3 Å². The third-order valence-electron chi connectivity index (χ3n) is 2.40.